The maximum absolute atomic E-state index is 8.73. The Morgan fingerprint density at radius 2 is 1.10 bits per heavy atom. The second-order valence-corrected chi connectivity index (χ2v) is 25.9. The highest BCUT2D eigenvalue weighted by Crippen LogP contribution is 2.42. The Balaban J connectivity index is 1.04. The van der Waals surface area contributed by atoms with Crippen LogP contribution < -0.4 is 9.30 Å². The van der Waals surface area contributed by atoms with Gasteiger partial charge in [0.25, 0.3) is 6.33 Å². The van der Waals surface area contributed by atoms with E-state index in [2.05, 4.69) is 208 Å². The van der Waals surface area contributed by atoms with E-state index in [1.165, 1.54) is 34.5 Å². The molecule has 0 saturated heterocycles. The predicted molar refractivity (Wildman–Crippen MR) is 344 cm³/mol. The van der Waals surface area contributed by atoms with Gasteiger partial charge in [-0.15, -0.1) is 0 Å². The molecule has 3 aromatic heterocycles. The zero-order valence-electron chi connectivity index (χ0n) is 57.0. The van der Waals surface area contributed by atoms with Crippen molar-refractivity contribution in [1.29, 1.82) is 0 Å². The van der Waals surface area contributed by atoms with E-state index in [0.29, 0.717) is 17.0 Å². The number of hydrogen-bond donors (Lipinski definition) is 0. The first kappa shape index (κ1) is 44.9. The lowest BCUT2D eigenvalue weighted by atomic mass is 9.78. The van der Waals surface area contributed by atoms with Crippen LogP contribution in [0.15, 0.2) is 212 Å². The SMILES string of the molecule is [2H]c1c([2H])c([2H])c(-c2cnc(-n3c4ccccc4c4ccc(Oc5cccc(-n6[c-][n+](-c7c(-c8cccc(C(C)(C)C)c8)cccc7-c7cc(C(C)(C)C)cc(C(C)(C)C)c7)c7ccc(-c8ccc(C(C)(C)C)cc8)cc76)c5)cc43)cc2C([2H])([2H])[2H])c([2H])c1[2H]. The molecule has 0 radical (unpaired) electrons. The fourth-order valence-electron chi connectivity index (χ4n) is 11.1. The van der Waals surface area contributed by atoms with Crippen LogP contribution in [0, 0.1) is 13.2 Å². The summed E-state index contributed by atoms with van der Waals surface area (Å²) in [5.74, 6) is 1.33. The third-order valence-electron chi connectivity index (χ3n) is 15.9. The van der Waals surface area contributed by atoms with Crippen molar-refractivity contribution < 1.29 is 20.3 Å². The number of rotatable bonds is 9. The average molecular weight is 1080 g/mol. The summed E-state index contributed by atoms with van der Waals surface area (Å²) < 4.78 is 81.6. The Kier molecular flexibility index (Phi) is 11.1. The molecule has 12 rings (SSSR count). The van der Waals surface area contributed by atoms with Gasteiger partial charge in [-0.05, 0) is 144 Å². The van der Waals surface area contributed by atoms with E-state index in [4.69, 9.17) is 20.7 Å². The number of fused-ring (bicyclic) bond motifs is 4. The number of hydrogen-bond acceptors (Lipinski definition) is 2. The first-order chi connectivity index (χ1) is 42.3. The van der Waals surface area contributed by atoms with E-state index in [9.17, 15) is 0 Å². The summed E-state index contributed by atoms with van der Waals surface area (Å²) in [6, 6.07) is 58.6. The smallest absolute Gasteiger partial charge is 0.269 e. The van der Waals surface area contributed by atoms with Crippen LogP contribution in [0.25, 0.3) is 94.5 Å². The lowest BCUT2D eigenvalue weighted by molar-refractivity contribution is -0.571. The molecule has 82 heavy (non-hydrogen) atoms. The maximum atomic E-state index is 8.73. The number of aromatic nitrogens is 4. The largest absolute Gasteiger partial charge is 0.458 e. The molecule has 0 N–H and O–H groups in total. The summed E-state index contributed by atoms with van der Waals surface area (Å²) in [6.07, 6.45) is 5.26. The predicted octanol–water partition coefficient (Wildman–Crippen LogP) is 20.2. The molecule has 5 heteroatoms. The van der Waals surface area contributed by atoms with Crippen LogP contribution in [0.4, 0.5) is 0 Å². The average Bonchev–Trinajstić information content (AvgIpc) is 1.83. The molecule has 0 aliphatic heterocycles. The molecule has 0 aliphatic rings. The number of pyridine rings is 1. The molecule has 0 fully saturated rings. The van der Waals surface area contributed by atoms with Crippen LogP contribution in [0.1, 0.15) is 122 Å². The summed E-state index contributed by atoms with van der Waals surface area (Å²) in [5.41, 5.74) is 15.8. The van der Waals surface area contributed by atoms with Gasteiger partial charge in [-0.1, -0.05) is 235 Å². The van der Waals surface area contributed by atoms with Gasteiger partial charge < -0.3 is 4.74 Å². The monoisotopic (exact) mass is 1080 g/mol. The van der Waals surface area contributed by atoms with Crippen molar-refractivity contribution in [1.82, 2.24) is 14.1 Å². The van der Waals surface area contributed by atoms with Crippen molar-refractivity contribution in [2.75, 3.05) is 0 Å². The van der Waals surface area contributed by atoms with E-state index >= 15 is 0 Å². The van der Waals surface area contributed by atoms with Crippen molar-refractivity contribution in [3.05, 3.63) is 246 Å². The first-order valence-electron chi connectivity index (χ1n) is 32.3. The third kappa shape index (κ3) is 10.2. The highest BCUT2D eigenvalue weighted by atomic mass is 16.5. The van der Waals surface area contributed by atoms with Crippen LogP contribution >= 0.6 is 0 Å². The molecule has 0 aliphatic carbocycles. The fourth-order valence-corrected chi connectivity index (χ4v) is 11.1. The molecule has 12 aromatic rings. The molecule has 0 saturated carbocycles. The Labute approximate surface area is 496 Å². The van der Waals surface area contributed by atoms with E-state index in [-0.39, 0.29) is 44.2 Å². The molecule has 5 nitrogen and oxygen atoms in total. The minimum atomic E-state index is -2.76. The number of para-hydroxylation sites is 2. The second kappa shape index (κ2) is 20.3. The van der Waals surface area contributed by atoms with Crippen molar-refractivity contribution in [3.8, 4) is 73.2 Å². The van der Waals surface area contributed by atoms with Gasteiger partial charge in [0.05, 0.1) is 40.3 Å². The highest BCUT2D eigenvalue weighted by Gasteiger charge is 2.26. The van der Waals surface area contributed by atoms with Crippen molar-refractivity contribution in [3.63, 3.8) is 0 Å². The molecular weight excluding hydrogens is 997 g/mol. The maximum Gasteiger partial charge on any atom is 0.269 e. The van der Waals surface area contributed by atoms with E-state index in [1.54, 1.807) is 0 Å². The molecule has 0 spiro atoms. The molecule has 0 bridgehead atoms. The topological polar surface area (TPSA) is 35.9 Å². The van der Waals surface area contributed by atoms with Gasteiger partial charge in [0.2, 0.25) is 0 Å². The van der Waals surface area contributed by atoms with E-state index in [1.807, 2.05) is 65.2 Å². The number of nitrogens with zero attached hydrogens (tertiary/aromatic N) is 4. The summed E-state index contributed by atoms with van der Waals surface area (Å²) >= 11 is 0. The Morgan fingerprint density at radius 3 is 1.80 bits per heavy atom. The normalized spacial score (nSPS) is 14.0. The minimum absolute atomic E-state index is 0.00956. The quantitative estimate of drug-likeness (QED) is 0.107. The van der Waals surface area contributed by atoms with E-state index < -0.39 is 37.1 Å². The first-order valence-corrected chi connectivity index (χ1v) is 28.3. The van der Waals surface area contributed by atoms with Crippen molar-refractivity contribution in [2.24, 2.45) is 0 Å². The van der Waals surface area contributed by atoms with Gasteiger partial charge in [-0.2, -0.15) is 0 Å². The van der Waals surface area contributed by atoms with Gasteiger partial charge in [-0.3, -0.25) is 13.7 Å². The Morgan fingerprint density at radius 1 is 0.463 bits per heavy atom. The summed E-state index contributed by atoms with van der Waals surface area (Å²) in [7, 11) is 0. The lowest BCUT2D eigenvalue weighted by Crippen LogP contribution is -2.31. The number of ether oxygens (including phenoxy) is 1. The highest BCUT2D eigenvalue weighted by molar-refractivity contribution is 6.09. The molecule has 3 heterocycles. The van der Waals surface area contributed by atoms with Gasteiger partial charge in [-0.25, -0.2) is 4.98 Å². The third-order valence-corrected chi connectivity index (χ3v) is 15.9. The Bertz CT molecular complexity index is 4770. The molecule has 0 atom stereocenters. The fraction of sp³-hybridized carbons (Fsp3) is 0.221. The van der Waals surface area contributed by atoms with E-state index in [0.717, 1.165) is 72.1 Å². The van der Waals surface area contributed by atoms with Crippen LogP contribution in [0.5, 0.6) is 11.5 Å². The van der Waals surface area contributed by atoms with Gasteiger partial charge >= 0.3 is 0 Å². The number of benzene rings is 9. The molecule has 0 amide bonds. The molecular formula is C77H74N4O. The van der Waals surface area contributed by atoms with Crippen LogP contribution in [0.3, 0.4) is 0 Å². The van der Waals surface area contributed by atoms with Gasteiger partial charge in [0, 0.05) is 32.7 Å². The molecule has 9 aromatic carbocycles. The van der Waals surface area contributed by atoms with Crippen LogP contribution in [-0.2, 0) is 21.7 Å². The standard InChI is InChI=1S/C77H74N4O/c1-50-40-72(78-48-67(50)52-22-15-14-16-23-52)81-68-31-18-17-28-65(68)66-38-37-62(47-70(66)81)82-61-27-20-26-60(46-61)79-49-80(69-39-34-53(44-71(69)79)51-32-35-56(36-33-51)74(2,3)4)73-63(54-24-19-25-57(41-54)75(5,6)7)29-21-30-64(73)55-42-58(76(8,9)10)45-59(43-55)77(11,12)13/h14-48H,1-13H3/i1D3,14D,15D,16D,22D,23D. The van der Waals surface area contributed by atoms with Crippen molar-refractivity contribution >= 4 is 32.8 Å². The second-order valence-electron chi connectivity index (χ2n) is 25.9. The number of imidazole rings is 1. The molecule has 408 valence electrons. The summed E-state index contributed by atoms with van der Waals surface area (Å²) in [6.45, 7) is 24.4. The number of aryl methyl sites for hydroxylation is 1. The lowest BCUT2D eigenvalue weighted by Gasteiger charge is -2.27. The van der Waals surface area contributed by atoms with Gasteiger partial charge in [0.1, 0.15) is 17.3 Å². The zero-order chi connectivity index (χ0) is 64.3. The van der Waals surface area contributed by atoms with Gasteiger partial charge in [0.15, 0.2) is 0 Å². The minimum Gasteiger partial charge on any atom is -0.458 e. The molecule has 0 unspecified atom stereocenters. The Hall–Kier alpha value is -8.80. The van der Waals surface area contributed by atoms with Crippen LogP contribution in [0.2, 0.25) is 0 Å². The summed E-state index contributed by atoms with van der Waals surface area (Å²) in [5, 5.41) is 1.76. The van der Waals surface area contributed by atoms with Crippen LogP contribution in [-0.4, -0.2) is 14.1 Å². The van der Waals surface area contributed by atoms with Crippen molar-refractivity contribution in [2.45, 2.75) is 112 Å². The zero-order valence-corrected chi connectivity index (χ0v) is 49.0. The summed E-state index contributed by atoms with van der Waals surface area (Å²) in [4.78, 5) is 4.80.